The minimum Gasteiger partial charge on any atom is -0.302 e. The average molecular weight is 269 g/mol. The summed E-state index contributed by atoms with van der Waals surface area (Å²) in [4.78, 5) is 0. The molecule has 0 aliphatic carbocycles. The van der Waals surface area contributed by atoms with E-state index in [4.69, 9.17) is 0 Å². The average Bonchev–Trinajstić information content (AvgIpc) is 2.89. The van der Waals surface area contributed by atoms with Crippen LogP contribution in [0, 0.1) is 0 Å². The van der Waals surface area contributed by atoms with E-state index in [0.717, 1.165) is 11.3 Å². The molecular formula is C13H14F3N3. The van der Waals surface area contributed by atoms with Gasteiger partial charge in [0.05, 0.1) is 12.2 Å². The van der Waals surface area contributed by atoms with Crippen molar-refractivity contribution < 1.29 is 13.2 Å². The van der Waals surface area contributed by atoms with E-state index < -0.39 is 12.7 Å². The normalized spacial score (nSPS) is 13.5. The molecule has 19 heavy (non-hydrogen) atoms. The molecule has 0 saturated carbocycles. The molecule has 1 N–H and O–H groups in total. The maximum atomic E-state index is 12.1. The molecule has 3 nitrogen and oxygen atoms in total. The van der Waals surface area contributed by atoms with Crippen molar-refractivity contribution in [1.82, 2.24) is 15.1 Å². The van der Waals surface area contributed by atoms with Crippen molar-refractivity contribution in [3.8, 4) is 5.69 Å². The number of nitrogens with one attached hydrogen (secondary N) is 1. The van der Waals surface area contributed by atoms with Crippen molar-refractivity contribution in [2.24, 2.45) is 0 Å². The van der Waals surface area contributed by atoms with E-state index >= 15 is 0 Å². The molecule has 0 radical (unpaired) electrons. The van der Waals surface area contributed by atoms with E-state index in [-0.39, 0.29) is 6.04 Å². The van der Waals surface area contributed by atoms with Crippen LogP contribution in [0.5, 0.6) is 0 Å². The maximum Gasteiger partial charge on any atom is 0.401 e. The molecule has 102 valence electrons. The van der Waals surface area contributed by atoms with Gasteiger partial charge in [-0.25, -0.2) is 4.68 Å². The molecule has 0 aliphatic heterocycles. The highest BCUT2D eigenvalue weighted by Crippen LogP contribution is 2.18. The zero-order valence-corrected chi connectivity index (χ0v) is 10.4. The van der Waals surface area contributed by atoms with Crippen LogP contribution in [0.1, 0.15) is 18.5 Å². The Labute approximate surface area is 109 Å². The largest absolute Gasteiger partial charge is 0.401 e. The standard InChI is InChI=1S/C13H14F3N3/c1-10(17-9-13(14,15)16)11-3-5-12(6-4-11)19-8-2-7-18-19/h2-8,10,17H,9H2,1H3/t10-/m1/s1. The molecule has 1 aromatic carbocycles. The number of hydrogen-bond acceptors (Lipinski definition) is 2. The number of halogens is 3. The lowest BCUT2D eigenvalue weighted by molar-refractivity contribution is -0.126. The molecule has 1 aromatic heterocycles. The molecule has 0 fully saturated rings. The molecule has 0 bridgehead atoms. The predicted octanol–water partition coefficient (Wildman–Crippen LogP) is 3.09. The highest BCUT2D eigenvalue weighted by atomic mass is 19.4. The molecule has 0 unspecified atom stereocenters. The van der Waals surface area contributed by atoms with Gasteiger partial charge in [0, 0.05) is 18.4 Å². The van der Waals surface area contributed by atoms with Gasteiger partial charge >= 0.3 is 6.18 Å². The van der Waals surface area contributed by atoms with Crippen molar-refractivity contribution in [2.45, 2.75) is 19.1 Å². The number of nitrogens with zero attached hydrogens (tertiary/aromatic N) is 2. The monoisotopic (exact) mass is 269 g/mol. The van der Waals surface area contributed by atoms with Crippen LogP contribution in [-0.2, 0) is 0 Å². The van der Waals surface area contributed by atoms with E-state index in [1.165, 1.54) is 0 Å². The fourth-order valence-corrected chi connectivity index (χ4v) is 1.72. The number of rotatable bonds is 4. The maximum absolute atomic E-state index is 12.1. The summed E-state index contributed by atoms with van der Waals surface area (Å²) >= 11 is 0. The van der Waals surface area contributed by atoms with Gasteiger partial charge in [-0.15, -0.1) is 0 Å². The molecule has 1 atom stereocenters. The Morgan fingerprint density at radius 3 is 2.47 bits per heavy atom. The first-order valence-corrected chi connectivity index (χ1v) is 5.86. The third kappa shape index (κ3) is 3.82. The van der Waals surface area contributed by atoms with Gasteiger partial charge in [-0.05, 0) is 30.7 Å². The van der Waals surface area contributed by atoms with Crippen molar-refractivity contribution >= 4 is 0 Å². The third-order valence-electron chi connectivity index (χ3n) is 2.77. The summed E-state index contributed by atoms with van der Waals surface area (Å²) in [6.07, 6.45) is -0.717. The summed E-state index contributed by atoms with van der Waals surface area (Å²) < 4.78 is 38.0. The van der Waals surface area contributed by atoms with Crippen LogP contribution >= 0.6 is 0 Å². The molecule has 2 rings (SSSR count). The smallest absolute Gasteiger partial charge is 0.302 e. The van der Waals surface area contributed by atoms with Crippen molar-refractivity contribution in [3.63, 3.8) is 0 Å². The number of benzene rings is 1. The summed E-state index contributed by atoms with van der Waals surface area (Å²) in [5.41, 5.74) is 1.68. The van der Waals surface area contributed by atoms with E-state index in [0.29, 0.717) is 0 Å². The third-order valence-corrected chi connectivity index (χ3v) is 2.77. The van der Waals surface area contributed by atoms with Crippen LogP contribution in [0.4, 0.5) is 13.2 Å². The zero-order chi connectivity index (χ0) is 13.9. The second kappa shape index (κ2) is 5.44. The molecule has 0 saturated heterocycles. The topological polar surface area (TPSA) is 29.9 Å². The highest BCUT2D eigenvalue weighted by molar-refractivity contribution is 5.34. The van der Waals surface area contributed by atoms with E-state index in [1.54, 1.807) is 42.2 Å². The predicted molar refractivity (Wildman–Crippen MR) is 66.0 cm³/mol. The van der Waals surface area contributed by atoms with Crippen LogP contribution in [0.15, 0.2) is 42.7 Å². The quantitative estimate of drug-likeness (QED) is 0.924. The van der Waals surface area contributed by atoms with Crippen LogP contribution in [0.25, 0.3) is 5.69 Å². The van der Waals surface area contributed by atoms with Crippen molar-refractivity contribution in [1.29, 1.82) is 0 Å². The molecule has 1 heterocycles. The van der Waals surface area contributed by atoms with Crippen molar-refractivity contribution in [2.75, 3.05) is 6.54 Å². The molecular weight excluding hydrogens is 255 g/mol. The molecule has 6 heteroatoms. The van der Waals surface area contributed by atoms with E-state index in [1.807, 2.05) is 12.1 Å². The fourth-order valence-electron chi connectivity index (χ4n) is 1.72. The lowest BCUT2D eigenvalue weighted by atomic mass is 10.1. The van der Waals surface area contributed by atoms with E-state index in [2.05, 4.69) is 10.4 Å². The summed E-state index contributed by atoms with van der Waals surface area (Å²) in [6.45, 7) is 0.712. The lowest BCUT2D eigenvalue weighted by Crippen LogP contribution is -2.30. The van der Waals surface area contributed by atoms with Crippen LogP contribution in [0.3, 0.4) is 0 Å². The zero-order valence-electron chi connectivity index (χ0n) is 10.4. The summed E-state index contributed by atoms with van der Waals surface area (Å²) in [5, 5.41) is 6.53. The van der Waals surface area contributed by atoms with Crippen LogP contribution in [0.2, 0.25) is 0 Å². The molecule has 0 spiro atoms. The van der Waals surface area contributed by atoms with Crippen LogP contribution in [-0.4, -0.2) is 22.5 Å². The minimum absolute atomic E-state index is 0.353. The van der Waals surface area contributed by atoms with E-state index in [9.17, 15) is 13.2 Å². The number of hydrogen-bond donors (Lipinski definition) is 1. The van der Waals surface area contributed by atoms with Gasteiger partial charge in [-0.2, -0.15) is 18.3 Å². The van der Waals surface area contributed by atoms with Gasteiger partial charge in [0.1, 0.15) is 0 Å². The SMILES string of the molecule is C[C@@H](NCC(F)(F)F)c1ccc(-n2cccn2)cc1. The summed E-state index contributed by atoms with van der Waals surface area (Å²) in [7, 11) is 0. The van der Waals surface area contributed by atoms with Gasteiger partial charge in [-0.1, -0.05) is 12.1 Å². The second-order valence-corrected chi connectivity index (χ2v) is 4.26. The first-order chi connectivity index (χ1) is 8.96. The first kappa shape index (κ1) is 13.6. The Morgan fingerprint density at radius 1 is 1.26 bits per heavy atom. The second-order valence-electron chi connectivity index (χ2n) is 4.26. The molecule has 0 amide bonds. The summed E-state index contributed by atoms with van der Waals surface area (Å²) in [5.74, 6) is 0. The minimum atomic E-state index is -4.19. The Bertz CT molecular complexity index is 503. The van der Waals surface area contributed by atoms with Gasteiger partial charge < -0.3 is 5.32 Å². The Kier molecular flexibility index (Phi) is 3.90. The van der Waals surface area contributed by atoms with Gasteiger partial charge in [0.25, 0.3) is 0 Å². The lowest BCUT2D eigenvalue weighted by Gasteiger charge is -2.16. The van der Waals surface area contributed by atoms with Gasteiger partial charge in [-0.3, -0.25) is 0 Å². The molecule has 0 aliphatic rings. The Balaban J connectivity index is 2.02. The Morgan fingerprint density at radius 2 is 1.95 bits per heavy atom. The van der Waals surface area contributed by atoms with Crippen molar-refractivity contribution in [3.05, 3.63) is 48.3 Å². The van der Waals surface area contributed by atoms with Crippen LogP contribution < -0.4 is 5.32 Å². The van der Waals surface area contributed by atoms with Gasteiger partial charge in [0.15, 0.2) is 0 Å². The number of alkyl halides is 3. The Hall–Kier alpha value is -1.82. The fraction of sp³-hybridized carbons (Fsp3) is 0.308. The van der Waals surface area contributed by atoms with Gasteiger partial charge in [0.2, 0.25) is 0 Å². The number of aromatic nitrogens is 2. The summed E-state index contributed by atoms with van der Waals surface area (Å²) in [6, 6.07) is 8.70. The first-order valence-electron chi connectivity index (χ1n) is 5.86. The molecule has 2 aromatic rings. The highest BCUT2D eigenvalue weighted by Gasteiger charge is 2.27.